The molecule has 10 heteroatoms. The van der Waals surface area contributed by atoms with Crippen LogP contribution in [0.25, 0.3) is 0 Å². The maximum atomic E-state index is 11.6. The van der Waals surface area contributed by atoms with Gasteiger partial charge in [-0.2, -0.15) is 0 Å². The quantitative estimate of drug-likeness (QED) is 0.557. The van der Waals surface area contributed by atoms with Gasteiger partial charge in [0.2, 0.25) is 5.91 Å². The maximum Gasteiger partial charge on any atom is 0.426 e. The fourth-order valence-electron chi connectivity index (χ4n) is 2.48. The molecule has 1 heterocycles. The lowest BCUT2D eigenvalue weighted by Crippen LogP contribution is -2.44. The molecule has 1 aromatic heterocycles. The number of ether oxygens (including phenoxy) is 2. The lowest BCUT2D eigenvalue weighted by atomic mass is 10.1. The summed E-state index contributed by atoms with van der Waals surface area (Å²) in [6, 6.07) is 8.03. The van der Waals surface area contributed by atoms with Gasteiger partial charge in [0, 0.05) is 18.7 Å². The number of nitrogens with one attached hydrogen (secondary N) is 3. The fourth-order valence-corrected chi connectivity index (χ4v) is 3.27. The monoisotopic (exact) mass is 448 g/mol. The topological polar surface area (TPSA) is 119 Å². The highest BCUT2D eigenvalue weighted by molar-refractivity contribution is 7.13. The number of thiazole rings is 1. The number of aryl methyl sites for hydroxylation is 2. The van der Waals surface area contributed by atoms with Crippen molar-refractivity contribution in [3.63, 3.8) is 0 Å². The number of anilines is 1. The van der Waals surface area contributed by atoms with Crippen LogP contribution in [0.3, 0.4) is 0 Å². The SMILES string of the molecule is CC(=O)Nc1nc(CCc2ccc(CCOC(=O)NNC(=O)OC(C)(C)C)cc2)cs1. The van der Waals surface area contributed by atoms with E-state index in [1.54, 1.807) is 20.8 Å². The first-order chi connectivity index (χ1) is 14.6. The molecule has 168 valence electrons. The van der Waals surface area contributed by atoms with Crippen LogP contribution >= 0.6 is 11.3 Å². The Balaban J connectivity index is 1.66. The Labute approximate surface area is 185 Å². The van der Waals surface area contributed by atoms with Crippen molar-refractivity contribution in [1.29, 1.82) is 0 Å². The van der Waals surface area contributed by atoms with Gasteiger partial charge in [-0.1, -0.05) is 24.3 Å². The largest absolute Gasteiger partial charge is 0.448 e. The Hall–Kier alpha value is -3.14. The molecule has 2 aromatic rings. The number of hydrogen-bond donors (Lipinski definition) is 3. The van der Waals surface area contributed by atoms with Gasteiger partial charge in [-0.05, 0) is 44.7 Å². The van der Waals surface area contributed by atoms with Crippen molar-refractivity contribution in [1.82, 2.24) is 15.8 Å². The van der Waals surface area contributed by atoms with E-state index in [-0.39, 0.29) is 12.5 Å². The Morgan fingerprint density at radius 3 is 2.19 bits per heavy atom. The molecule has 0 aliphatic heterocycles. The van der Waals surface area contributed by atoms with Gasteiger partial charge in [-0.25, -0.2) is 25.4 Å². The van der Waals surface area contributed by atoms with E-state index in [1.165, 1.54) is 18.3 Å². The van der Waals surface area contributed by atoms with Crippen molar-refractivity contribution >= 4 is 34.6 Å². The van der Waals surface area contributed by atoms with E-state index in [4.69, 9.17) is 9.47 Å². The van der Waals surface area contributed by atoms with Crippen molar-refractivity contribution in [3.05, 3.63) is 46.5 Å². The number of carbonyl (C=O) groups is 3. The van der Waals surface area contributed by atoms with Crippen LogP contribution in [-0.2, 0) is 33.5 Å². The highest BCUT2D eigenvalue weighted by Crippen LogP contribution is 2.17. The number of hydrogen-bond acceptors (Lipinski definition) is 7. The minimum Gasteiger partial charge on any atom is -0.448 e. The third-order valence-corrected chi connectivity index (χ3v) is 4.62. The molecule has 9 nitrogen and oxygen atoms in total. The lowest BCUT2D eigenvalue weighted by Gasteiger charge is -2.19. The lowest BCUT2D eigenvalue weighted by molar-refractivity contribution is -0.114. The van der Waals surface area contributed by atoms with Crippen molar-refractivity contribution < 1.29 is 23.9 Å². The number of benzene rings is 1. The van der Waals surface area contributed by atoms with Crippen LogP contribution in [0.15, 0.2) is 29.6 Å². The van der Waals surface area contributed by atoms with E-state index < -0.39 is 17.8 Å². The Morgan fingerprint density at radius 2 is 1.58 bits per heavy atom. The van der Waals surface area contributed by atoms with Gasteiger partial charge in [-0.15, -0.1) is 11.3 Å². The Kier molecular flexibility index (Phi) is 8.80. The van der Waals surface area contributed by atoms with Crippen LogP contribution in [0.4, 0.5) is 14.7 Å². The summed E-state index contributed by atoms with van der Waals surface area (Å²) >= 11 is 1.41. The van der Waals surface area contributed by atoms with Gasteiger partial charge >= 0.3 is 12.2 Å². The van der Waals surface area contributed by atoms with E-state index >= 15 is 0 Å². The molecule has 1 aromatic carbocycles. The van der Waals surface area contributed by atoms with Gasteiger partial charge < -0.3 is 14.8 Å². The average molecular weight is 449 g/mol. The Morgan fingerprint density at radius 1 is 0.968 bits per heavy atom. The minimum absolute atomic E-state index is 0.128. The van der Waals surface area contributed by atoms with Gasteiger partial charge in [0.25, 0.3) is 0 Å². The molecule has 0 unspecified atom stereocenters. The highest BCUT2D eigenvalue weighted by atomic mass is 32.1. The fraction of sp³-hybridized carbons (Fsp3) is 0.429. The van der Waals surface area contributed by atoms with Gasteiger partial charge in [0.1, 0.15) is 5.60 Å². The predicted molar refractivity (Wildman–Crippen MR) is 118 cm³/mol. The molecule has 0 saturated heterocycles. The summed E-state index contributed by atoms with van der Waals surface area (Å²) in [6.45, 7) is 6.80. The van der Waals surface area contributed by atoms with E-state index in [0.717, 1.165) is 29.7 Å². The molecule has 0 aliphatic carbocycles. The molecule has 0 atom stereocenters. The summed E-state index contributed by atoms with van der Waals surface area (Å²) in [4.78, 5) is 38.5. The van der Waals surface area contributed by atoms with Crippen molar-refractivity contribution in [2.45, 2.75) is 52.6 Å². The van der Waals surface area contributed by atoms with Crippen LogP contribution in [0.5, 0.6) is 0 Å². The zero-order valence-electron chi connectivity index (χ0n) is 18.1. The van der Waals surface area contributed by atoms with Crippen LogP contribution < -0.4 is 16.2 Å². The predicted octanol–water partition coefficient (Wildman–Crippen LogP) is 3.60. The van der Waals surface area contributed by atoms with E-state index in [9.17, 15) is 14.4 Å². The second-order valence-electron chi connectivity index (χ2n) is 7.78. The molecule has 0 fully saturated rings. The van der Waals surface area contributed by atoms with Crippen molar-refractivity contribution in [2.24, 2.45) is 0 Å². The maximum absolute atomic E-state index is 11.6. The van der Waals surface area contributed by atoms with E-state index in [0.29, 0.717) is 11.6 Å². The second-order valence-corrected chi connectivity index (χ2v) is 8.64. The van der Waals surface area contributed by atoms with Gasteiger partial charge in [-0.3, -0.25) is 4.79 Å². The minimum atomic E-state index is -0.760. The summed E-state index contributed by atoms with van der Waals surface area (Å²) in [7, 11) is 0. The molecule has 2 rings (SSSR count). The van der Waals surface area contributed by atoms with Crippen molar-refractivity contribution in [2.75, 3.05) is 11.9 Å². The zero-order valence-corrected chi connectivity index (χ0v) is 18.9. The first-order valence-electron chi connectivity index (χ1n) is 9.82. The number of carbonyl (C=O) groups excluding carboxylic acids is 3. The summed E-state index contributed by atoms with van der Waals surface area (Å²) in [5, 5.41) is 5.24. The van der Waals surface area contributed by atoms with Crippen LogP contribution in [0.2, 0.25) is 0 Å². The van der Waals surface area contributed by atoms with Crippen molar-refractivity contribution in [3.8, 4) is 0 Å². The third-order valence-electron chi connectivity index (χ3n) is 3.82. The standard InChI is InChI=1S/C21H28N4O5S/c1-14(26)22-18-23-17(13-31-18)10-9-15-5-7-16(8-6-15)11-12-29-19(27)24-25-20(28)30-21(2,3)4/h5-8,13H,9-12H2,1-4H3,(H,24,27)(H,25,28)(H,22,23,26). The van der Waals surface area contributed by atoms with E-state index in [1.807, 2.05) is 29.6 Å². The van der Waals surface area contributed by atoms with Crippen LogP contribution in [0.1, 0.15) is 44.5 Å². The third kappa shape index (κ3) is 9.94. The summed E-state index contributed by atoms with van der Waals surface area (Å²) in [5.74, 6) is -0.128. The molecule has 0 saturated carbocycles. The normalized spacial score (nSPS) is 10.8. The second kappa shape index (κ2) is 11.3. The molecule has 3 amide bonds. The molecule has 0 bridgehead atoms. The van der Waals surface area contributed by atoms with Gasteiger partial charge in [0.05, 0.1) is 12.3 Å². The molecule has 3 N–H and O–H groups in total. The number of nitrogens with zero attached hydrogens (tertiary/aromatic N) is 1. The molecular formula is C21H28N4O5S. The highest BCUT2D eigenvalue weighted by Gasteiger charge is 2.16. The summed E-state index contributed by atoms with van der Waals surface area (Å²) in [6.07, 6.45) is 0.641. The molecule has 0 radical (unpaired) electrons. The van der Waals surface area contributed by atoms with E-state index in [2.05, 4.69) is 21.2 Å². The first-order valence-corrected chi connectivity index (χ1v) is 10.7. The first kappa shape index (κ1) is 24.1. The Bertz CT molecular complexity index is 890. The van der Waals surface area contributed by atoms with Crippen LogP contribution in [0, 0.1) is 0 Å². The smallest absolute Gasteiger partial charge is 0.426 e. The number of amides is 3. The molecule has 0 aliphatic rings. The summed E-state index contributed by atoms with van der Waals surface area (Å²) < 4.78 is 10.0. The van der Waals surface area contributed by atoms with Crippen LogP contribution in [-0.4, -0.2) is 35.3 Å². The number of rotatable bonds is 7. The number of hydrazine groups is 1. The average Bonchev–Trinajstić information content (AvgIpc) is 3.11. The molecule has 0 spiro atoms. The molecule has 31 heavy (non-hydrogen) atoms. The van der Waals surface area contributed by atoms with Gasteiger partial charge in [0.15, 0.2) is 5.13 Å². The number of aromatic nitrogens is 1. The molecular weight excluding hydrogens is 420 g/mol. The summed E-state index contributed by atoms with van der Waals surface area (Å²) in [5.41, 5.74) is 6.73. The zero-order chi connectivity index (χ0) is 22.9.